The van der Waals surface area contributed by atoms with Gasteiger partial charge in [-0.1, -0.05) is 18.2 Å². The monoisotopic (exact) mass is 323 g/mol. The molecule has 1 unspecified atom stereocenters. The number of rotatable bonds is 4. The summed E-state index contributed by atoms with van der Waals surface area (Å²) < 4.78 is 0. The number of anilines is 3. The van der Waals surface area contributed by atoms with Crippen LogP contribution in [0.4, 0.5) is 17.1 Å². The summed E-state index contributed by atoms with van der Waals surface area (Å²) in [6.07, 6.45) is 0.169. The first kappa shape index (κ1) is 16.1. The predicted molar refractivity (Wildman–Crippen MR) is 96.5 cm³/mol. The van der Waals surface area contributed by atoms with E-state index in [2.05, 4.69) is 5.32 Å². The minimum atomic E-state index is -0.526. The Morgan fingerprint density at radius 2 is 1.71 bits per heavy atom. The average Bonchev–Trinajstić information content (AvgIpc) is 2.83. The van der Waals surface area contributed by atoms with E-state index in [1.165, 1.54) is 4.90 Å². The number of imide groups is 1. The first-order valence-electron chi connectivity index (χ1n) is 7.93. The third-order valence-electron chi connectivity index (χ3n) is 4.23. The Labute approximate surface area is 141 Å². The summed E-state index contributed by atoms with van der Waals surface area (Å²) in [6.45, 7) is 1.90. The fourth-order valence-electron chi connectivity index (χ4n) is 2.87. The van der Waals surface area contributed by atoms with Crippen LogP contribution in [0.15, 0.2) is 48.5 Å². The van der Waals surface area contributed by atoms with Gasteiger partial charge in [0, 0.05) is 25.5 Å². The summed E-state index contributed by atoms with van der Waals surface area (Å²) in [7, 11) is 3.95. The summed E-state index contributed by atoms with van der Waals surface area (Å²) in [5.41, 5.74) is 3.49. The molecule has 0 aliphatic carbocycles. The van der Waals surface area contributed by atoms with Crippen LogP contribution in [0.1, 0.15) is 12.0 Å². The van der Waals surface area contributed by atoms with Crippen molar-refractivity contribution in [2.45, 2.75) is 19.4 Å². The molecule has 1 heterocycles. The summed E-state index contributed by atoms with van der Waals surface area (Å²) in [4.78, 5) is 28.3. The number of para-hydroxylation sites is 1. The van der Waals surface area contributed by atoms with Crippen LogP contribution < -0.4 is 15.1 Å². The van der Waals surface area contributed by atoms with E-state index in [0.717, 1.165) is 16.9 Å². The highest BCUT2D eigenvalue weighted by Crippen LogP contribution is 2.27. The fourth-order valence-corrected chi connectivity index (χ4v) is 2.87. The molecular weight excluding hydrogens is 302 g/mol. The largest absolute Gasteiger partial charge is 0.378 e. The van der Waals surface area contributed by atoms with E-state index in [1.807, 2.05) is 68.4 Å². The summed E-state index contributed by atoms with van der Waals surface area (Å²) in [5.74, 6) is -0.373. The highest BCUT2D eigenvalue weighted by molar-refractivity contribution is 6.23. The van der Waals surface area contributed by atoms with E-state index < -0.39 is 6.04 Å². The quantitative estimate of drug-likeness (QED) is 0.879. The molecule has 1 saturated heterocycles. The second-order valence-corrected chi connectivity index (χ2v) is 6.20. The number of hydrogen-bond acceptors (Lipinski definition) is 4. The van der Waals surface area contributed by atoms with E-state index in [0.29, 0.717) is 5.69 Å². The second kappa shape index (κ2) is 6.35. The zero-order valence-electron chi connectivity index (χ0n) is 14.1. The van der Waals surface area contributed by atoms with Crippen LogP contribution in [0.2, 0.25) is 0 Å². The zero-order chi connectivity index (χ0) is 17.3. The Morgan fingerprint density at radius 1 is 1.04 bits per heavy atom. The van der Waals surface area contributed by atoms with Crippen LogP contribution in [0.25, 0.3) is 0 Å². The van der Waals surface area contributed by atoms with Gasteiger partial charge in [-0.2, -0.15) is 0 Å². The van der Waals surface area contributed by atoms with Crippen molar-refractivity contribution >= 4 is 28.9 Å². The van der Waals surface area contributed by atoms with Gasteiger partial charge in [0.15, 0.2) is 0 Å². The third kappa shape index (κ3) is 2.97. The number of amides is 2. The van der Waals surface area contributed by atoms with Gasteiger partial charge in [-0.25, -0.2) is 4.90 Å². The van der Waals surface area contributed by atoms with Crippen LogP contribution in [0, 0.1) is 6.92 Å². The van der Waals surface area contributed by atoms with E-state index in [9.17, 15) is 9.59 Å². The molecule has 5 nitrogen and oxygen atoms in total. The van der Waals surface area contributed by atoms with Crippen molar-refractivity contribution < 1.29 is 9.59 Å². The summed E-state index contributed by atoms with van der Waals surface area (Å²) >= 11 is 0. The van der Waals surface area contributed by atoms with Gasteiger partial charge in [0.2, 0.25) is 5.91 Å². The molecular formula is C19H21N3O2. The normalized spacial score (nSPS) is 17.3. The number of benzene rings is 2. The molecule has 0 bridgehead atoms. The third-order valence-corrected chi connectivity index (χ3v) is 4.23. The first-order valence-corrected chi connectivity index (χ1v) is 7.93. The summed E-state index contributed by atoms with van der Waals surface area (Å²) in [6, 6.07) is 14.7. The van der Waals surface area contributed by atoms with Crippen LogP contribution in [0.3, 0.4) is 0 Å². The highest BCUT2D eigenvalue weighted by atomic mass is 16.2. The molecule has 0 saturated carbocycles. The maximum Gasteiger partial charge on any atom is 0.256 e. The zero-order valence-corrected chi connectivity index (χ0v) is 14.1. The number of carbonyl (C=O) groups excluding carboxylic acids is 2. The number of nitrogens with zero attached hydrogens (tertiary/aromatic N) is 2. The van der Waals surface area contributed by atoms with Gasteiger partial charge in [-0.3, -0.25) is 9.59 Å². The lowest BCUT2D eigenvalue weighted by molar-refractivity contribution is -0.121. The minimum Gasteiger partial charge on any atom is -0.378 e. The van der Waals surface area contributed by atoms with Crippen molar-refractivity contribution in [3.63, 3.8) is 0 Å². The maximum absolute atomic E-state index is 12.7. The Morgan fingerprint density at radius 3 is 2.33 bits per heavy atom. The molecule has 1 atom stereocenters. The molecule has 1 aliphatic heterocycles. The Balaban J connectivity index is 1.78. The SMILES string of the molecule is Cc1ccccc1N1C(=O)CC(Nc2ccc(N(C)C)cc2)C1=O. The topological polar surface area (TPSA) is 52.7 Å². The van der Waals surface area contributed by atoms with E-state index in [4.69, 9.17) is 0 Å². The van der Waals surface area contributed by atoms with Crippen molar-refractivity contribution in [2.75, 3.05) is 29.2 Å². The highest BCUT2D eigenvalue weighted by Gasteiger charge is 2.40. The van der Waals surface area contributed by atoms with E-state index in [-0.39, 0.29) is 18.2 Å². The predicted octanol–water partition coefficient (Wildman–Crippen LogP) is 2.81. The lowest BCUT2D eigenvalue weighted by Gasteiger charge is -2.18. The summed E-state index contributed by atoms with van der Waals surface area (Å²) in [5, 5.41) is 3.18. The van der Waals surface area contributed by atoms with Gasteiger partial charge in [0.05, 0.1) is 12.1 Å². The number of nitrogens with one attached hydrogen (secondary N) is 1. The average molecular weight is 323 g/mol. The van der Waals surface area contributed by atoms with Crippen LogP contribution in [-0.4, -0.2) is 32.0 Å². The molecule has 0 radical (unpaired) electrons. The van der Waals surface area contributed by atoms with Crippen molar-refractivity contribution in [2.24, 2.45) is 0 Å². The van der Waals surface area contributed by atoms with Gasteiger partial charge < -0.3 is 10.2 Å². The maximum atomic E-state index is 12.7. The van der Waals surface area contributed by atoms with Crippen LogP contribution in [-0.2, 0) is 9.59 Å². The molecule has 0 spiro atoms. The number of carbonyl (C=O) groups is 2. The van der Waals surface area contributed by atoms with Crippen LogP contribution in [0.5, 0.6) is 0 Å². The van der Waals surface area contributed by atoms with E-state index >= 15 is 0 Å². The molecule has 2 aromatic carbocycles. The van der Waals surface area contributed by atoms with Gasteiger partial charge in [-0.05, 0) is 42.8 Å². The Bertz CT molecular complexity index is 768. The Hall–Kier alpha value is -2.82. The van der Waals surface area contributed by atoms with Gasteiger partial charge in [0.25, 0.3) is 5.91 Å². The van der Waals surface area contributed by atoms with Crippen molar-refractivity contribution in [3.05, 3.63) is 54.1 Å². The number of hydrogen-bond donors (Lipinski definition) is 1. The second-order valence-electron chi connectivity index (χ2n) is 6.20. The molecule has 1 aliphatic rings. The van der Waals surface area contributed by atoms with Gasteiger partial charge >= 0.3 is 0 Å². The molecule has 1 fully saturated rings. The molecule has 124 valence electrons. The molecule has 2 aromatic rings. The number of aryl methyl sites for hydroxylation is 1. The van der Waals surface area contributed by atoms with Gasteiger partial charge in [0.1, 0.15) is 6.04 Å². The fraction of sp³-hybridized carbons (Fsp3) is 0.263. The van der Waals surface area contributed by atoms with Crippen molar-refractivity contribution in [1.82, 2.24) is 0 Å². The van der Waals surface area contributed by atoms with Crippen molar-refractivity contribution in [3.8, 4) is 0 Å². The molecule has 1 N–H and O–H groups in total. The molecule has 5 heteroatoms. The lowest BCUT2D eigenvalue weighted by Crippen LogP contribution is -2.35. The molecule has 24 heavy (non-hydrogen) atoms. The smallest absolute Gasteiger partial charge is 0.256 e. The van der Waals surface area contributed by atoms with Crippen LogP contribution >= 0.6 is 0 Å². The minimum absolute atomic E-state index is 0.169. The first-order chi connectivity index (χ1) is 11.5. The molecule has 3 rings (SSSR count). The lowest BCUT2D eigenvalue weighted by atomic mass is 10.2. The Kier molecular flexibility index (Phi) is 4.25. The van der Waals surface area contributed by atoms with E-state index in [1.54, 1.807) is 6.07 Å². The molecule has 2 amide bonds. The van der Waals surface area contributed by atoms with Crippen molar-refractivity contribution in [1.29, 1.82) is 0 Å². The standard InChI is InChI=1S/C19H21N3O2/c1-13-6-4-5-7-17(13)22-18(23)12-16(19(22)24)20-14-8-10-15(11-9-14)21(2)3/h4-11,16,20H,12H2,1-3H3. The van der Waals surface area contributed by atoms with Gasteiger partial charge in [-0.15, -0.1) is 0 Å². The molecule has 0 aromatic heterocycles.